The second-order valence-corrected chi connectivity index (χ2v) is 5.58. The Hall–Kier alpha value is -1.38. The monoisotopic (exact) mass is 289 g/mol. The van der Waals surface area contributed by atoms with Crippen molar-refractivity contribution in [1.82, 2.24) is 0 Å². The summed E-state index contributed by atoms with van der Waals surface area (Å²) in [5.41, 5.74) is 2.32. The first-order valence-corrected chi connectivity index (χ1v) is 7.47. The number of anilines is 1. The van der Waals surface area contributed by atoms with Crippen LogP contribution in [0.2, 0.25) is 5.02 Å². The zero-order valence-electron chi connectivity index (χ0n) is 10.6. The number of para-hydroxylation sites is 1. The van der Waals surface area contributed by atoms with E-state index in [0.717, 1.165) is 23.0 Å². The number of benzene rings is 2. The van der Waals surface area contributed by atoms with Crippen LogP contribution in [0.5, 0.6) is 0 Å². The molecular formula is C16H16ClNS. The van der Waals surface area contributed by atoms with Crippen molar-refractivity contribution in [2.45, 2.75) is 11.4 Å². The Labute approximate surface area is 123 Å². The molecule has 19 heavy (non-hydrogen) atoms. The topological polar surface area (TPSA) is 12.0 Å². The summed E-state index contributed by atoms with van der Waals surface area (Å²) in [4.78, 5) is 1.24. The number of halogens is 1. The van der Waals surface area contributed by atoms with Crippen molar-refractivity contribution in [2.24, 2.45) is 0 Å². The molecule has 0 aliphatic heterocycles. The quantitative estimate of drug-likeness (QED) is 0.577. The van der Waals surface area contributed by atoms with E-state index in [-0.39, 0.29) is 0 Å². The highest BCUT2D eigenvalue weighted by atomic mass is 35.5. The first kappa shape index (κ1) is 14.0. The van der Waals surface area contributed by atoms with Gasteiger partial charge in [0.25, 0.3) is 0 Å². The third-order valence-corrected chi connectivity index (χ3v) is 3.92. The molecule has 0 fully saturated rings. The summed E-state index contributed by atoms with van der Waals surface area (Å²) < 4.78 is 0. The molecule has 0 atom stereocenters. The Kier molecular flexibility index (Phi) is 5.37. The first-order valence-electron chi connectivity index (χ1n) is 6.10. The summed E-state index contributed by atoms with van der Waals surface area (Å²) in [5, 5.41) is 4.22. The number of hydrogen-bond acceptors (Lipinski definition) is 2. The number of rotatable bonds is 6. The molecule has 98 valence electrons. The minimum Gasteiger partial charge on any atom is -0.380 e. The maximum Gasteiger partial charge on any atom is 0.0481 e. The predicted molar refractivity (Wildman–Crippen MR) is 86.1 cm³/mol. The van der Waals surface area contributed by atoms with Gasteiger partial charge in [0.1, 0.15) is 0 Å². The van der Waals surface area contributed by atoms with Crippen LogP contribution >= 0.6 is 23.4 Å². The fourth-order valence-electron chi connectivity index (χ4n) is 1.73. The van der Waals surface area contributed by atoms with Gasteiger partial charge in [-0.25, -0.2) is 0 Å². The van der Waals surface area contributed by atoms with E-state index in [2.05, 4.69) is 36.2 Å². The molecule has 0 spiro atoms. The van der Waals surface area contributed by atoms with Crippen molar-refractivity contribution in [1.29, 1.82) is 0 Å². The fourth-order valence-corrected chi connectivity index (χ4v) is 2.71. The summed E-state index contributed by atoms with van der Waals surface area (Å²) in [6, 6.07) is 16.2. The zero-order valence-corrected chi connectivity index (χ0v) is 12.2. The molecule has 0 aromatic heterocycles. The molecule has 0 saturated heterocycles. The standard InChI is InChI=1S/C16H16ClNS/c1-2-10-19-16-9-4-3-8-15(16)18-12-13-6-5-7-14(17)11-13/h2-9,11,18H,1,10,12H2. The predicted octanol–water partition coefficient (Wildman–Crippen LogP) is 5.23. The lowest BCUT2D eigenvalue weighted by atomic mass is 10.2. The molecule has 0 heterocycles. The molecule has 0 saturated carbocycles. The van der Waals surface area contributed by atoms with Crippen LogP contribution in [-0.2, 0) is 6.54 Å². The normalized spacial score (nSPS) is 10.2. The van der Waals surface area contributed by atoms with Gasteiger partial charge in [-0.3, -0.25) is 0 Å². The van der Waals surface area contributed by atoms with Gasteiger partial charge in [-0.15, -0.1) is 18.3 Å². The first-order chi connectivity index (χ1) is 9.29. The SMILES string of the molecule is C=CCSc1ccccc1NCc1cccc(Cl)c1. The molecule has 0 aliphatic carbocycles. The van der Waals surface area contributed by atoms with Crippen LogP contribution in [0.3, 0.4) is 0 Å². The summed E-state index contributed by atoms with van der Waals surface area (Å²) >= 11 is 7.76. The number of nitrogens with one attached hydrogen (secondary N) is 1. The molecule has 2 rings (SSSR count). The fraction of sp³-hybridized carbons (Fsp3) is 0.125. The van der Waals surface area contributed by atoms with Crippen LogP contribution in [0.1, 0.15) is 5.56 Å². The van der Waals surface area contributed by atoms with E-state index in [1.165, 1.54) is 10.5 Å². The average molecular weight is 290 g/mol. The second kappa shape index (κ2) is 7.27. The van der Waals surface area contributed by atoms with Crippen LogP contribution in [-0.4, -0.2) is 5.75 Å². The highest BCUT2D eigenvalue weighted by molar-refractivity contribution is 7.99. The Morgan fingerprint density at radius 3 is 2.79 bits per heavy atom. The van der Waals surface area contributed by atoms with E-state index >= 15 is 0 Å². The number of hydrogen-bond donors (Lipinski definition) is 1. The lowest BCUT2D eigenvalue weighted by Crippen LogP contribution is -2.00. The van der Waals surface area contributed by atoms with E-state index in [1.807, 2.05) is 30.3 Å². The Balaban J connectivity index is 2.04. The average Bonchev–Trinajstić information content (AvgIpc) is 2.44. The largest absolute Gasteiger partial charge is 0.380 e. The minimum absolute atomic E-state index is 0.770. The van der Waals surface area contributed by atoms with Crippen molar-refractivity contribution in [2.75, 3.05) is 11.1 Å². The lowest BCUT2D eigenvalue weighted by molar-refractivity contribution is 1.13. The van der Waals surface area contributed by atoms with E-state index < -0.39 is 0 Å². The Bertz CT molecular complexity index is 554. The van der Waals surface area contributed by atoms with Crippen LogP contribution < -0.4 is 5.32 Å². The molecule has 3 heteroatoms. The van der Waals surface area contributed by atoms with Crippen LogP contribution in [0.4, 0.5) is 5.69 Å². The van der Waals surface area contributed by atoms with Gasteiger partial charge in [-0.1, -0.05) is 41.9 Å². The van der Waals surface area contributed by atoms with E-state index in [1.54, 1.807) is 11.8 Å². The van der Waals surface area contributed by atoms with Crippen molar-refractivity contribution in [3.05, 3.63) is 71.8 Å². The molecule has 0 radical (unpaired) electrons. The maximum absolute atomic E-state index is 5.98. The smallest absolute Gasteiger partial charge is 0.0481 e. The van der Waals surface area contributed by atoms with E-state index in [4.69, 9.17) is 11.6 Å². The number of thioether (sulfide) groups is 1. The highest BCUT2D eigenvalue weighted by Crippen LogP contribution is 2.27. The summed E-state index contributed by atoms with van der Waals surface area (Å²) in [6.07, 6.45) is 1.92. The van der Waals surface area contributed by atoms with E-state index in [0.29, 0.717) is 0 Å². The molecule has 0 bridgehead atoms. The molecule has 2 aromatic carbocycles. The molecule has 1 N–H and O–H groups in total. The summed E-state index contributed by atoms with van der Waals surface area (Å²) in [6.45, 7) is 4.52. The van der Waals surface area contributed by atoms with Crippen molar-refractivity contribution >= 4 is 29.1 Å². The van der Waals surface area contributed by atoms with Crippen molar-refractivity contribution < 1.29 is 0 Å². The van der Waals surface area contributed by atoms with Gasteiger partial charge in [0, 0.05) is 27.9 Å². The Morgan fingerprint density at radius 2 is 2.00 bits per heavy atom. The lowest BCUT2D eigenvalue weighted by Gasteiger charge is -2.11. The summed E-state index contributed by atoms with van der Waals surface area (Å²) in [5.74, 6) is 0.913. The minimum atomic E-state index is 0.770. The van der Waals surface area contributed by atoms with Gasteiger partial charge in [0.15, 0.2) is 0 Å². The third kappa shape index (κ3) is 4.34. The Morgan fingerprint density at radius 1 is 1.16 bits per heavy atom. The van der Waals surface area contributed by atoms with E-state index in [9.17, 15) is 0 Å². The molecule has 0 unspecified atom stereocenters. The van der Waals surface area contributed by atoms with Crippen molar-refractivity contribution in [3.63, 3.8) is 0 Å². The van der Waals surface area contributed by atoms with Gasteiger partial charge in [-0.05, 0) is 29.8 Å². The molecular weight excluding hydrogens is 274 g/mol. The highest BCUT2D eigenvalue weighted by Gasteiger charge is 2.01. The van der Waals surface area contributed by atoms with Crippen LogP contribution in [0.15, 0.2) is 66.1 Å². The van der Waals surface area contributed by atoms with Crippen LogP contribution in [0.25, 0.3) is 0 Å². The third-order valence-electron chi connectivity index (χ3n) is 2.62. The maximum atomic E-state index is 5.98. The molecule has 2 aromatic rings. The van der Waals surface area contributed by atoms with Gasteiger partial charge in [-0.2, -0.15) is 0 Å². The molecule has 1 nitrogen and oxygen atoms in total. The van der Waals surface area contributed by atoms with Gasteiger partial charge in [0.05, 0.1) is 0 Å². The van der Waals surface area contributed by atoms with Crippen molar-refractivity contribution in [3.8, 4) is 0 Å². The van der Waals surface area contributed by atoms with Gasteiger partial charge < -0.3 is 5.32 Å². The second-order valence-electron chi connectivity index (χ2n) is 4.08. The molecule has 0 aliphatic rings. The summed E-state index contributed by atoms with van der Waals surface area (Å²) in [7, 11) is 0. The molecule has 0 amide bonds. The van der Waals surface area contributed by atoms with Crippen LogP contribution in [0, 0.1) is 0 Å². The zero-order chi connectivity index (χ0) is 13.5. The van der Waals surface area contributed by atoms with Gasteiger partial charge >= 0.3 is 0 Å². The van der Waals surface area contributed by atoms with Gasteiger partial charge in [0.2, 0.25) is 0 Å².